The predicted octanol–water partition coefficient (Wildman–Crippen LogP) is 3.13. The van der Waals surface area contributed by atoms with Crippen LogP contribution >= 0.6 is 38.5 Å². The van der Waals surface area contributed by atoms with Gasteiger partial charge in [0.25, 0.3) is 0 Å². The lowest BCUT2D eigenvalue weighted by atomic mass is 10.1. The monoisotopic (exact) mass is 351 g/mol. The van der Waals surface area contributed by atoms with Crippen molar-refractivity contribution in [3.05, 3.63) is 25.7 Å². The van der Waals surface area contributed by atoms with Gasteiger partial charge in [0, 0.05) is 10.0 Å². The van der Waals surface area contributed by atoms with Gasteiger partial charge < -0.3 is 4.74 Å². The number of halogens is 2. The van der Waals surface area contributed by atoms with Gasteiger partial charge in [0.15, 0.2) is 0 Å². The van der Waals surface area contributed by atoms with Gasteiger partial charge in [-0.3, -0.25) is 0 Å². The van der Waals surface area contributed by atoms with Crippen LogP contribution in [-0.2, 0) is 6.42 Å². The Kier molecular flexibility index (Phi) is 4.00. The van der Waals surface area contributed by atoms with Gasteiger partial charge in [0.05, 0.1) is 23.2 Å². The number of methoxy groups -OCH3 is 1. The van der Waals surface area contributed by atoms with Gasteiger partial charge >= 0.3 is 0 Å². The van der Waals surface area contributed by atoms with Gasteiger partial charge in [-0.15, -0.1) is 0 Å². The van der Waals surface area contributed by atoms with Crippen molar-refractivity contribution in [1.82, 2.24) is 0 Å². The summed E-state index contributed by atoms with van der Waals surface area (Å²) >= 11 is 5.59. The molecule has 0 aromatic heterocycles. The zero-order valence-corrected chi connectivity index (χ0v) is 10.7. The third-order valence-corrected chi connectivity index (χ3v) is 4.08. The molecule has 0 fully saturated rings. The Morgan fingerprint density at radius 1 is 1.62 bits per heavy atom. The summed E-state index contributed by atoms with van der Waals surface area (Å²) in [6.07, 6.45) is 0.381. The molecule has 0 heterocycles. The van der Waals surface area contributed by atoms with E-state index >= 15 is 0 Å². The number of nitrogens with zero attached hydrogens (tertiary/aromatic N) is 1. The van der Waals surface area contributed by atoms with Crippen molar-refractivity contribution < 1.29 is 4.74 Å². The van der Waals surface area contributed by atoms with Crippen molar-refractivity contribution in [2.24, 2.45) is 0 Å². The van der Waals surface area contributed by atoms with E-state index in [0.29, 0.717) is 6.42 Å². The molecule has 1 rings (SSSR count). The molecule has 0 atom stereocenters. The zero-order chi connectivity index (χ0) is 9.84. The van der Waals surface area contributed by atoms with Crippen molar-refractivity contribution >= 4 is 38.5 Å². The van der Waals surface area contributed by atoms with E-state index < -0.39 is 0 Å². The SMILES string of the molecule is COc1c(CC#N)ccc(Br)c1I. The second-order valence-electron chi connectivity index (χ2n) is 2.39. The Balaban J connectivity index is 3.23. The summed E-state index contributed by atoms with van der Waals surface area (Å²) in [5.41, 5.74) is 0.928. The number of nitriles is 1. The number of hydrogen-bond donors (Lipinski definition) is 0. The maximum Gasteiger partial charge on any atom is 0.137 e. The van der Waals surface area contributed by atoms with E-state index in [9.17, 15) is 0 Å². The summed E-state index contributed by atoms with van der Waals surface area (Å²) in [4.78, 5) is 0. The first kappa shape index (κ1) is 10.8. The molecule has 0 amide bonds. The summed E-state index contributed by atoms with van der Waals surface area (Å²) in [7, 11) is 1.62. The third kappa shape index (κ3) is 2.35. The Hall–Kier alpha value is -0.280. The second-order valence-corrected chi connectivity index (χ2v) is 4.32. The molecular formula is C9H7BrINO. The molecule has 0 spiro atoms. The fourth-order valence-corrected chi connectivity index (χ4v) is 2.08. The molecule has 0 bridgehead atoms. The first-order chi connectivity index (χ1) is 6.20. The third-order valence-electron chi connectivity index (χ3n) is 1.61. The van der Waals surface area contributed by atoms with Crippen LogP contribution in [0.2, 0.25) is 0 Å². The van der Waals surface area contributed by atoms with E-state index in [2.05, 4.69) is 44.6 Å². The summed E-state index contributed by atoms with van der Waals surface area (Å²) in [6.45, 7) is 0. The lowest BCUT2D eigenvalue weighted by molar-refractivity contribution is 0.407. The highest BCUT2D eigenvalue weighted by atomic mass is 127. The highest BCUT2D eigenvalue weighted by molar-refractivity contribution is 14.1. The highest BCUT2D eigenvalue weighted by Gasteiger charge is 2.09. The van der Waals surface area contributed by atoms with Crippen LogP contribution in [0.1, 0.15) is 5.56 Å². The Bertz CT molecular complexity index is 359. The van der Waals surface area contributed by atoms with Crippen LogP contribution in [0, 0.1) is 14.9 Å². The van der Waals surface area contributed by atoms with E-state index in [1.807, 2.05) is 12.1 Å². The number of ether oxygens (including phenoxy) is 1. The molecule has 0 N–H and O–H groups in total. The van der Waals surface area contributed by atoms with E-state index in [-0.39, 0.29) is 0 Å². The van der Waals surface area contributed by atoms with E-state index in [0.717, 1.165) is 19.4 Å². The molecular weight excluding hydrogens is 345 g/mol. The van der Waals surface area contributed by atoms with Gasteiger partial charge in [-0.1, -0.05) is 6.07 Å². The van der Waals surface area contributed by atoms with Crippen molar-refractivity contribution in [3.8, 4) is 11.8 Å². The van der Waals surface area contributed by atoms with Gasteiger partial charge in [-0.25, -0.2) is 0 Å². The average Bonchev–Trinajstić information content (AvgIpc) is 2.12. The number of hydrogen-bond acceptors (Lipinski definition) is 2. The molecule has 0 saturated carbocycles. The van der Waals surface area contributed by atoms with Crippen LogP contribution in [0.3, 0.4) is 0 Å². The molecule has 4 heteroatoms. The number of benzene rings is 1. The molecule has 0 aliphatic rings. The molecule has 13 heavy (non-hydrogen) atoms. The number of rotatable bonds is 2. The zero-order valence-electron chi connectivity index (χ0n) is 6.97. The molecule has 0 aliphatic carbocycles. The molecule has 68 valence electrons. The van der Waals surface area contributed by atoms with E-state index in [1.54, 1.807) is 7.11 Å². The fraction of sp³-hybridized carbons (Fsp3) is 0.222. The Morgan fingerprint density at radius 3 is 2.85 bits per heavy atom. The molecule has 2 nitrogen and oxygen atoms in total. The molecule has 1 aromatic carbocycles. The minimum absolute atomic E-state index is 0.381. The fourth-order valence-electron chi connectivity index (χ4n) is 1.02. The lowest BCUT2D eigenvalue weighted by Gasteiger charge is -2.08. The van der Waals surface area contributed by atoms with Crippen molar-refractivity contribution in [3.63, 3.8) is 0 Å². The van der Waals surface area contributed by atoms with Gasteiger partial charge in [-0.2, -0.15) is 5.26 Å². The maximum atomic E-state index is 8.58. The summed E-state index contributed by atoms with van der Waals surface area (Å²) in [6, 6.07) is 5.93. The summed E-state index contributed by atoms with van der Waals surface area (Å²) in [5, 5.41) is 8.58. The van der Waals surface area contributed by atoms with Gasteiger partial charge in [-0.05, 0) is 44.6 Å². The quantitative estimate of drug-likeness (QED) is 0.767. The second kappa shape index (κ2) is 4.82. The normalized spacial score (nSPS) is 9.38. The summed E-state index contributed by atoms with van der Waals surface area (Å²) < 4.78 is 7.22. The molecule has 0 radical (unpaired) electrons. The van der Waals surface area contributed by atoms with Crippen molar-refractivity contribution in [1.29, 1.82) is 5.26 Å². The van der Waals surface area contributed by atoms with Crippen molar-refractivity contribution in [2.45, 2.75) is 6.42 Å². The molecule has 0 saturated heterocycles. The minimum Gasteiger partial charge on any atom is -0.495 e. The average molecular weight is 352 g/mol. The first-order valence-corrected chi connectivity index (χ1v) is 5.45. The van der Waals surface area contributed by atoms with Crippen LogP contribution < -0.4 is 4.74 Å². The smallest absolute Gasteiger partial charge is 0.137 e. The van der Waals surface area contributed by atoms with Crippen LogP contribution in [0.25, 0.3) is 0 Å². The minimum atomic E-state index is 0.381. The highest BCUT2D eigenvalue weighted by Crippen LogP contribution is 2.31. The van der Waals surface area contributed by atoms with Crippen LogP contribution in [0.15, 0.2) is 16.6 Å². The molecule has 0 unspecified atom stereocenters. The van der Waals surface area contributed by atoms with Crippen LogP contribution in [-0.4, -0.2) is 7.11 Å². The van der Waals surface area contributed by atoms with Gasteiger partial charge in [0.2, 0.25) is 0 Å². The molecule has 1 aromatic rings. The Labute approximate surface area is 99.2 Å². The van der Waals surface area contributed by atoms with E-state index in [1.165, 1.54) is 0 Å². The largest absolute Gasteiger partial charge is 0.495 e. The van der Waals surface area contributed by atoms with Crippen LogP contribution in [0.5, 0.6) is 5.75 Å². The van der Waals surface area contributed by atoms with Crippen LogP contribution in [0.4, 0.5) is 0 Å². The van der Waals surface area contributed by atoms with E-state index in [4.69, 9.17) is 10.00 Å². The Morgan fingerprint density at radius 2 is 2.31 bits per heavy atom. The first-order valence-electron chi connectivity index (χ1n) is 3.58. The lowest BCUT2D eigenvalue weighted by Crippen LogP contribution is -1.94. The maximum absolute atomic E-state index is 8.58. The predicted molar refractivity (Wildman–Crippen MR) is 62.7 cm³/mol. The van der Waals surface area contributed by atoms with Gasteiger partial charge in [0.1, 0.15) is 5.75 Å². The standard InChI is InChI=1S/C9H7BrINO/c1-13-9-6(4-5-12)2-3-7(10)8(9)11/h2-3H,4H2,1H3. The van der Waals surface area contributed by atoms with Crippen molar-refractivity contribution in [2.75, 3.05) is 7.11 Å². The molecule has 0 aliphatic heterocycles. The topological polar surface area (TPSA) is 33.0 Å². The summed E-state index contributed by atoms with van der Waals surface area (Å²) in [5.74, 6) is 0.788.